The van der Waals surface area contributed by atoms with Gasteiger partial charge in [-0.1, -0.05) is 0 Å². The second-order valence-electron chi connectivity index (χ2n) is 6.23. The monoisotopic (exact) mass is 379 g/mol. The molecular weight excluding hydrogens is 358 g/mol. The Morgan fingerprint density at radius 1 is 1.23 bits per heavy atom. The highest BCUT2D eigenvalue weighted by atomic mass is 32.1. The van der Waals surface area contributed by atoms with Crippen molar-refractivity contribution in [1.82, 2.24) is 5.32 Å². The van der Waals surface area contributed by atoms with Gasteiger partial charge < -0.3 is 19.5 Å². The minimum Gasteiger partial charge on any atom is -0.468 e. The number of thiocarbonyl (C=S) groups is 1. The second kappa shape index (κ2) is 7.77. The fourth-order valence-corrected chi connectivity index (χ4v) is 3.01. The summed E-state index contributed by atoms with van der Waals surface area (Å²) in [5, 5.41) is 3.24. The van der Waals surface area contributed by atoms with Crippen molar-refractivity contribution in [2.75, 3.05) is 36.0 Å². The molecular formula is C17H21N3O5S. The van der Waals surface area contributed by atoms with E-state index in [1.165, 1.54) is 0 Å². The van der Waals surface area contributed by atoms with Crippen LogP contribution in [0.2, 0.25) is 0 Å². The van der Waals surface area contributed by atoms with Crippen LogP contribution in [0.15, 0.2) is 24.3 Å². The molecule has 2 aliphatic heterocycles. The third-order valence-electron chi connectivity index (χ3n) is 3.92. The number of carbonyl (C=O) groups excluding carboxylic acids is 2. The molecule has 8 nitrogen and oxygen atoms in total. The maximum Gasteiger partial charge on any atom is 0.414 e. The van der Waals surface area contributed by atoms with Crippen molar-refractivity contribution in [2.45, 2.75) is 26.1 Å². The highest BCUT2D eigenvalue weighted by Gasteiger charge is 2.32. The molecule has 0 aliphatic carbocycles. The molecule has 2 fully saturated rings. The number of benzene rings is 1. The first-order valence-electron chi connectivity index (χ1n) is 8.41. The van der Waals surface area contributed by atoms with Crippen molar-refractivity contribution in [1.29, 1.82) is 0 Å². The highest BCUT2D eigenvalue weighted by Crippen LogP contribution is 2.26. The number of amides is 2. The molecule has 9 heteroatoms. The zero-order valence-electron chi connectivity index (χ0n) is 14.6. The largest absolute Gasteiger partial charge is 0.468 e. The van der Waals surface area contributed by atoms with Gasteiger partial charge in [0.25, 0.3) is 5.17 Å². The predicted molar refractivity (Wildman–Crippen MR) is 99.6 cm³/mol. The molecule has 0 aromatic heterocycles. The van der Waals surface area contributed by atoms with E-state index in [-0.39, 0.29) is 23.5 Å². The van der Waals surface area contributed by atoms with Crippen LogP contribution in [0.25, 0.3) is 0 Å². The van der Waals surface area contributed by atoms with E-state index < -0.39 is 6.09 Å². The molecule has 3 rings (SSSR count). The van der Waals surface area contributed by atoms with Gasteiger partial charge in [0, 0.05) is 11.4 Å². The number of carbonyl (C=O) groups is 2. The van der Waals surface area contributed by atoms with Crippen LogP contribution in [-0.2, 0) is 14.2 Å². The van der Waals surface area contributed by atoms with E-state index in [2.05, 4.69) is 5.32 Å². The Balaban J connectivity index is 1.57. The molecule has 0 spiro atoms. The van der Waals surface area contributed by atoms with Gasteiger partial charge in [0.2, 0.25) is 0 Å². The van der Waals surface area contributed by atoms with Gasteiger partial charge in [-0.3, -0.25) is 9.80 Å². The molecule has 2 saturated heterocycles. The Labute approximate surface area is 157 Å². The summed E-state index contributed by atoms with van der Waals surface area (Å²) in [6, 6.07) is 7.13. The Kier molecular flexibility index (Phi) is 5.46. The van der Waals surface area contributed by atoms with E-state index in [4.69, 9.17) is 26.4 Å². The summed E-state index contributed by atoms with van der Waals surface area (Å²) in [7, 11) is 0. The molecule has 1 atom stereocenters. The minimum absolute atomic E-state index is 0.0102. The van der Waals surface area contributed by atoms with E-state index in [1.54, 1.807) is 34.1 Å². The quantitative estimate of drug-likeness (QED) is 0.786. The van der Waals surface area contributed by atoms with Gasteiger partial charge in [0.15, 0.2) is 0 Å². The van der Waals surface area contributed by atoms with E-state index in [0.29, 0.717) is 31.9 Å². The number of nitrogens with zero attached hydrogens (tertiary/aromatic N) is 2. The lowest BCUT2D eigenvalue weighted by atomic mass is 10.2. The average molecular weight is 379 g/mol. The molecule has 140 valence electrons. The first-order chi connectivity index (χ1) is 12.4. The number of hydrogen-bond acceptors (Lipinski definition) is 6. The normalized spacial score (nSPS) is 19.6. The molecule has 0 bridgehead atoms. The molecule has 1 N–H and O–H groups in total. The fourth-order valence-electron chi connectivity index (χ4n) is 2.73. The predicted octanol–water partition coefficient (Wildman–Crippen LogP) is 2.27. The van der Waals surface area contributed by atoms with E-state index in [0.717, 1.165) is 5.69 Å². The number of hydrogen-bond donors (Lipinski definition) is 1. The molecule has 1 aromatic carbocycles. The lowest BCUT2D eigenvalue weighted by molar-refractivity contribution is 0.140. The molecule has 0 unspecified atom stereocenters. The van der Waals surface area contributed by atoms with Crippen molar-refractivity contribution in [3.05, 3.63) is 24.3 Å². The Bertz CT molecular complexity index is 694. The molecule has 2 heterocycles. The summed E-state index contributed by atoms with van der Waals surface area (Å²) in [5.74, 6) is 0. The maximum atomic E-state index is 12.1. The second-order valence-corrected chi connectivity index (χ2v) is 6.60. The Hall–Kier alpha value is -2.55. The van der Waals surface area contributed by atoms with Crippen LogP contribution in [0, 0.1) is 0 Å². The number of nitrogens with one attached hydrogen (secondary N) is 1. The van der Waals surface area contributed by atoms with Crippen LogP contribution < -0.4 is 15.1 Å². The molecule has 2 amide bonds. The molecule has 0 saturated carbocycles. The Morgan fingerprint density at radius 3 is 2.46 bits per heavy atom. The average Bonchev–Trinajstić information content (AvgIpc) is 3.18. The van der Waals surface area contributed by atoms with Gasteiger partial charge in [0.05, 0.1) is 25.7 Å². The Morgan fingerprint density at radius 2 is 1.88 bits per heavy atom. The lowest BCUT2D eigenvalue weighted by Gasteiger charge is -2.17. The first-order valence-corrected chi connectivity index (χ1v) is 8.82. The van der Waals surface area contributed by atoms with Crippen molar-refractivity contribution >= 4 is 41.0 Å². The molecule has 26 heavy (non-hydrogen) atoms. The smallest absolute Gasteiger partial charge is 0.414 e. The van der Waals surface area contributed by atoms with Crippen LogP contribution in [0.3, 0.4) is 0 Å². The summed E-state index contributed by atoms with van der Waals surface area (Å²) in [5.41, 5.74) is 1.44. The SMILES string of the molecule is CC(C)OC(=S)NC[C@H]1CN(c2ccc(N3CCOC3=O)cc2)C(=O)O1. The van der Waals surface area contributed by atoms with E-state index >= 15 is 0 Å². The lowest BCUT2D eigenvalue weighted by Crippen LogP contribution is -2.35. The zero-order chi connectivity index (χ0) is 18.7. The summed E-state index contributed by atoms with van der Waals surface area (Å²) in [4.78, 5) is 26.8. The summed E-state index contributed by atoms with van der Waals surface area (Å²) >= 11 is 5.06. The van der Waals surface area contributed by atoms with Crippen LogP contribution in [0.4, 0.5) is 21.0 Å². The van der Waals surface area contributed by atoms with Gasteiger partial charge >= 0.3 is 12.2 Å². The minimum atomic E-state index is -0.416. The fraction of sp³-hybridized carbons (Fsp3) is 0.471. The topological polar surface area (TPSA) is 80.3 Å². The van der Waals surface area contributed by atoms with Gasteiger partial charge in [-0.2, -0.15) is 0 Å². The summed E-state index contributed by atoms with van der Waals surface area (Å²) in [6.45, 7) is 5.46. The molecule has 2 aliphatic rings. The summed E-state index contributed by atoms with van der Waals surface area (Å²) < 4.78 is 15.6. The number of cyclic esters (lactones) is 2. The van der Waals surface area contributed by atoms with Crippen LogP contribution in [0.1, 0.15) is 13.8 Å². The number of ether oxygens (including phenoxy) is 3. The first kappa shape index (κ1) is 18.2. The number of rotatable bonds is 5. The van der Waals surface area contributed by atoms with Gasteiger partial charge in [-0.25, -0.2) is 9.59 Å². The van der Waals surface area contributed by atoms with Crippen LogP contribution in [-0.4, -0.2) is 55.8 Å². The highest BCUT2D eigenvalue weighted by molar-refractivity contribution is 7.80. The zero-order valence-corrected chi connectivity index (χ0v) is 15.5. The summed E-state index contributed by atoms with van der Waals surface area (Å²) in [6.07, 6.45) is -1.11. The third-order valence-corrected chi connectivity index (χ3v) is 4.17. The van der Waals surface area contributed by atoms with Gasteiger partial charge in [-0.05, 0) is 50.3 Å². The van der Waals surface area contributed by atoms with Crippen molar-refractivity contribution < 1.29 is 23.8 Å². The van der Waals surface area contributed by atoms with E-state index in [9.17, 15) is 9.59 Å². The molecule has 1 aromatic rings. The molecule has 0 radical (unpaired) electrons. The van der Waals surface area contributed by atoms with Crippen molar-refractivity contribution in [3.8, 4) is 0 Å². The van der Waals surface area contributed by atoms with Crippen LogP contribution in [0.5, 0.6) is 0 Å². The van der Waals surface area contributed by atoms with Crippen LogP contribution >= 0.6 is 12.2 Å². The number of anilines is 2. The van der Waals surface area contributed by atoms with E-state index in [1.807, 2.05) is 13.8 Å². The maximum absolute atomic E-state index is 12.1. The van der Waals surface area contributed by atoms with Gasteiger partial charge in [0.1, 0.15) is 12.7 Å². The van der Waals surface area contributed by atoms with Crippen molar-refractivity contribution in [2.24, 2.45) is 0 Å². The third kappa shape index (κ3) is 4.16. The van der Waals surface area contributed by atoms with Gasteiger partial charge in [-0.15, -0.1) is 0 Å². The standard InChI is InChI=1S/C17H21N3O5S/c1-11(2)24-15(26)18-9-14-10-20(17(22)25-14)13-5-3-12(4-6-13)19-7-8-23-16(19)21/h3-6,11,14H,7-10H2,1-2H3,(H,18,26)/t14-/m0/s1. The van der Waals surface area contributed by atoms with Crippen molar-refractivity contribution in [3.63, 3.8) is 0 Å².